The maximum atomic E-state index is 12.0. The van der Waals surface area contributed by atoms with E-state index >= 15 is 0 Å². The highest BCUT2D eigenvalue weighted by Crippen LogP contribution is 2.11. The Kier molecular flexibility index (Phi) is 5.12. The Bertz CT molecular complexity index is 588. The van der Waals surface area contributed by atoms with E-state index in [0.717, 1.165) is 12.0 Å². The van der Waals surface area contributed by atoms with Crippen LogP contribution in [0.5, 0.6) is 0 Å². The Labute approximate surface area is 126 Å². The summed E-state index contributed by atoms with van der Waals surface area (Å²) in [5, 5.41) is 2.90. The third kappa shape index (κ3) is 4.43. The minimum Gasteiger partial charge on any atom is -0.354 e. The molecule has 1 atom stereocenters. The van der Waals surface area contributed by atoms with Gasteiger partial charge in [0.1, 0.15) is 6.04 Å². The lowest BCUT2D eigenvalue weighted by Crippen LogP contribution is -2.35. The van der Waals surface area contributed by atoms with Gasteiger partial charge in [-0.15, -0.1) is 0 Å². The average molecular weight is 282 g/mol. The van der Waals surface area contributed by atoms with Gasteiger partial charge < -0.3 is 11.1 Å². The fourth-order valence-electron chi connectivity index (χ4n) is 2.47. The van der Waals surface area contributed by atoms with Gasteiger partial charge >= 0.3 is 0 Å². The van der Waals surface area contributed by atoms with E-state index in [-0.39, 0.29) is 5.91 Å². The first-order valence-corrected chi connectivity index (χ1v) is 7.21. The molecule has 0 saturated heterocycles. The molecule has 2 rings (SSSR count). The third-order valence-corrected chi connectivity index (χ3v) is 3.44. The molecule has 0 aliphatic rings. The fourth-order valence-corrected chi connectivity index (χ4v) is 2.47. The van der Waals surface area contributed by atoms with Crippen molar-refractivity contribution in [1.82, 2.24) is 5.32 Å². The molecule has 0 aliphatic carbocycles. The molecule has 0 bridgehead atoms. The molecule has 2 aromatic carbocycles. The van der Waals surface area contributed by atoms with E-state index in [0.29, 0.717) is 6.54 Å². The highest BCUT2D eigenvalue weighted by molar-refractivity contribution is 5.82. The molecule has 0 radical (unpaired) electrons. The number of carbonyl (C=O) groups is 1. The zero-order valence-corrected chi connectivity index (χ0v) is 12.6. The second-order valence-electron chi connectivity index (χ2n) is 5.43. The molecule has 2 aromatic rings. The van der Waals surface area contributed by atoms with Crippen LogP contribution in [0.1, 0.15) is 28.3 Å². The summed E-state index contributed by atoms with van der Waals surface area (Å²) in [5.74, 6) is -0.134. The molecule has 3 heteroatoms. The number of hydrogen-bond donors (Lipinski definition) is 2. The van der Waals surface area contributed by atoms with Gasteiger partial charge in [0.05, 0.1) is 0 Å². The van der Waals surface area contributed by atoms with Gasteiger partial charge in [-0.1, -0.05) is 59.7 Å². The molecule has 0 aliphatic heterocycles. The zero-order valence-electron chi connectivity index (χ0n) is 12.6. The lowest BCUT2D eigenvalue weighted by Gasteiger charge is -2.13. The molecule has 3 nitrogen and oxygen atoms in total. The van der Waals surface area contributed by atoms with Crippen LogP contribution >= 0.6 is 0 Å². The van der Waals surface area contributed by atoms with Crippen LogP contribution < -0.4 is 11.1 Å². The summed E-state index contributed by atoms with van der Waals surface area (Å²) in [6.45, 7) is 4.77. The topological polar surface area (TPSA) is 55.1 Å². The normalized spacial score (nSPS) is 12.0. The SMILES string of the molecule is Cc1cc(C)cc(CCNC(=O)C(N)c2ccccc2)c1. The summed E-state index contributed by atoms with van der Waals surface area (Å²) < 4.78 is 0. The summed E-state index contributed by atoms with van der Waals surface area (Å²) in [5.41, 5.74) is 10.5. The Balaban J connectivity index is 1.87. The van der Waals surface area contributed by atoms with E-state index < -0.39 is 6.04 Å². The number of nitrogens with two attached hydrogens (primary N) is 1. The monoisotopic (exact) mass is 282 g/mol. The van der Waals surface area contributed by atoms with Gasteiger partial charge in [0.2, 0.25) is 5.91 Å². The number of nitrogens with one attached hydrogen (secondary N) is 1. The van der Waals surface area contributed by atoms with Crippen LogP contribution in [0.4, 0.5) is 0 Å². The molecule has 21 heavy (non-hydrogen) atoms. The number of hydrogen-bond acceptors (Lipinski definition) is 2. The Hall–Kier alpha value is -2.13. The summed E-state index contributed by atoms with van der Waals surface area (Å²) in [4.78, 5) is 12.0. The smallest absolute Gasteiger partial charge is 0.241 e. The first-order valence-electron chi connectivity index (χ1n) is 7.21. The Morgan fingerprint density at radius 2 is 1.71 bits per heavy atom. The highest BCUT2D eigenvalue weighted by Gasteiger charge is 2.14. The van der Waals surface area contributed by atoms with Gasteiger partial charge in [0, 0.05) is 6.54 Å². The second-order valence-corrected chi connectivity index (χ2v) is 5.43. The number of carbonyl (C=O) groups excluding carboxylic acids is 1. The molecule has 3 N–H and O–H groups in total. The largest absolute Gasteiger partial charge is 0.354 e. The van der Waals surface area contributed by atoms with Gasteiger partial charge in [-0.2, -0.15) is 0 Å². The minimum atomic E-state index is -0.606. The van der Waals surface area contributed by atoms with Gasteiger partial charge in [0.15, 0.2) is 0 Å². The summed E-state index contributed by atoms with van der Waals surface area (Å²) in [6, 6.07) is 15.3. The van der Waals surface area contributed by atoms with Crippen molar-refractivity contribution in [1.29, 1.82) is 0 Å². The summed E-state index contributed by atoms with van der Waals surface area (Å²) >= 11 is 0. The number of aryl methyl sites for hydroxylation is 2. The first kappa shape index (κ1) is 15.3. The standard InChI is InChI=1S/C18H22N2O/c1-13-10-14(2)12-15(11-13)8-9-20-18(21)17(19)16-6-4-3-5-7-16/h3-7,10-12,17H,8-9,19H2,1-2H3,(H,20,21). The van der Waals surface area contributed by atoms with Gasteiger partial charge in [-0.05, 0) is 31.4 Å². The summed E-state index contributed by atoms with van der Waals surface area (Å²) in [6.07, 6.45) is 0.815. The van der Waals surface area contributed by atoms with Crippen molar-refractivity contribution in [3.05, 3.63) is 70.8 Å². The molecular formula is C18H22N2O. The number of rotatable bonds is 5. The first-order chi connectivity index (χ1) is 10.1. The van der Waals surface area contributed by atoms with E-state index in [4.69, 9.17) is 5.73 Å². The van der Waals surface area contributed by atoms with Crippen LogP contribution in [0.15, 0.2) is 48.5 Å². The number of benzene rings is 2. The van der Waals surface area contributed by atoms with Crippen molar-refractivity contribution >= 4 is 5.91 Å². The lowest BCUT2D eigenvalue weighted by molar-refractivity contribution is -0.122. The molecule has 0 saturated carbocycles. The van der Waals surface area contributed by atoms with E-state index in [1.54, 1.807) is 0 Å². The second kappa shape index (κ2) is 7.04. The molecule has 1 amide bonds. The van der Waals surface area contributed by atoms with Crippen LogP contribution in [0.25, 0.3) is 0 Å². The predicted octanol–water partition coefficient (Wildman–Crippen LogP) is 2.66. The van der Waals surface area contributed by atoms with Crippen LogP contribution in [-0.4, -0.2) is 12.5 Å². The molecule has 0 aromatic heterocycles. The van der Waals surface area contributed by atoms with Crippen LogP contribution in [0.2, 0.25) is 0 Å². The molecule has 110 valence electrons. The van der Waals surface area contributed by atoms with Crippen molar-refractivity contribution in [2.24, 2.45) is 5.73 Å². The zero-order chi connectivity index (χ0) is 15.2. The van der Waals surface area contributed by atoms with Crippen molar-refractivity contribution in [3.8, 4) is 0 Å². The maximum Gasteiger partial charge on any atom is 0.241 e. The van der Waals surface area contributed by atoms with Crippen LogP contribution in [0.3, 0.4) is 0 Å². The van der Waals surface area contributed by atoms with Crippen LogP contribution in [-0.2, 0) is 11.2 Å². The van der Waals surface area contributed by atoms with Gasteiger partial charge in [-0.25, -0.2) is 0 Å². The third-order valence-electron chi connectivity index (χ3n) is 3.44. The molecular weight excluding hydrogens is 260 g/mol. The van der Waals surface area contributed by atoms with E-state index in [1.807, 2.05) is 30.3 Å². The quantitative estimate of drug-likeness (QED) is 0.886. The molecule has 0 heterocycles. The molecule has 0 spiro atoms. The lowest BCUT2D eigenvalue weighted by atomic mass is 10.0. The van der Waals surface area contributed by atoms with Crippen LogP contribution in [0, 0.1) is 13.8 Å². The summed E-state index contributed by atoms with van der Waals surface area (Å²) in [7, 11) is 0. The van der Waals surface area contributed by atoms with E-state index in [1.165, 1.54) is 16.7 Å². The van der Waals surface area contributed by atoms with Gasteiger partial charge in [-0.3, -0.25) is 4.79 Å². The van der Waals surface area contributed by atoms with E-state index in [2.05, 4.69) is 37.4 Å². The molecule has 0 fully saturated rings. The van der Waals surface area contributed by atoms with Crippen molar-refractivity contribution in [2.75, 3.05) is 6.54 Å². The minimum absolute atomic E-state index is 0.134. The molecule has 1 unspecified atom stereocenters. The Morgan fingerprint density at radius 3 is 2.33 bits per heavy atom. The number of amides is 1. The van der Waals surface area contributed by atoms with Gasteiger partial charge in [0.25, 0.3) is 0 Å². The highest BCUT2D eigenvalue weighted by atomic mass is 16.2. The van der Waals surface area contributed by atoms with Crippen molar-refractivity contribution in [3.63, 3.8) is 0 Å². The van der Waals surface area contributed by atoms with Crippen molar-refractivity contribution < 1.29 is 4.79 Å². The fraction of sp³-hybridized carbons (Fsp3) is 0.278. The van der Waals surface area contributed by atoms with Crippen molar-refractivity contribution in [2.45, 2.75) is 26.3 Å². The van der Waals surface area contributed by atoms with E-state index in [9.17, 15) is 4.79 Å². The maximum absolute atomic E-state index is 12.0. The predicted molar refractivity (Wildman–Crippen MR) is 86.0 cm³/mol. The Morgan fingerprint density at radius 1 is 1.10 bits per heavy atom. The average Bonchev–Trinajstić information content (AvgIpc) is 2.46.